The minimum absolute atomic E-state index is 0.315. The number of fused-ring (bicyclic) bond motifs is 1. The summed E-state index contributed by atoms with van der Waals surface area (Å²) < 4.78 is 2.21. The van der Waals surface area contributed by atoms with Gasteiger partial charge in [-0.1, -0.05) is 66.4 Å². The van der Waals surface area contributed by atoms with E-state index in [4.69, 9.17) is 0 Å². The molecule has 3 aromatic carbocycles. The van der Waals surface area contributed by atoms with Crippen LogP contribution in [-0.2, 0) is 6.54 Å². The Kier molecular flexibility index (Phi) is 4.69. The van der Waals surface area contributed by atoms with Gasteiger partial charge in [0, 0.05) is 0 Å². The third-order valence-corrected chi connectivity index (χ3v) is 5.24. The van der Waals surface area contributed by atoms with Gasteiger partial charge >= 0.3 is 5.97 Å². The fraction of sp³-hybridized carbons (Fsp3) is 0.0909. The molecule has 0 bridgehead atoms. The highest BCUT2D eigenvalue weighted by molar-refractivity contribution is 7.98. The zero-order valence-corrected chi connectivity index (χ0v) is 15.6. The van der Waals surface area contributed by atoms with Crippen molar-refractivity contribution in [3.05, 3.63) is 83.9 Å². The average Bonchev–Trinajstić information content (AvgIpc) is 3.06. The van der Waals surface area contributed by atoms with Crippen molar-refractivity contribution in [1.82, 2.24) is 9.55 Å². The van der Waals surface area contributed by atoms with E-state index in [-0.39, 0.29) is 0 Å². The Labute approximate surface area is 161 Å². The summed E-state index contributed by atoms with van der Waals surface area (Å²) in [6.45, 7) is 0.720. The Morgan fingerprint density at radius 1 is 1.00 bits per heavy atom. The van der Waals surface area contributed by atoms with Gasteiger partial charge in [0.05, 0.1) is 23.1 Å². The number of rotatable bonds is 5. The third-order valence-electron chi connectivity index (χ3n) is 4.57. The average molecular weight is 374 g/mol. The first-order valence-electron chi connectivity index (χ1n) is 8.58. The Morgan fingerprint density at radius 3 is 2.44 bits per heavy atom. The minimum atomic E-state index is -0.913. The quantitative estimate of drug-likeness (QED) is 0.490. The molecule has 0 atom stereocenters. The van der Waals surface area contributed by atoms with E-state index in [1.807, 2.05) is 60.9 Å². The van der Waals surface area contributed by atoms with E-state index < -0.39 is 5.97 Å². The van der Waals surface area contributed by atoms with Crippen LogP contribution in [0.4, 0.5) is 0 Å². The molecule has 0 unspecified atom stereocenters. The Morgan fingerprint density at radius 2 is 1.70 bits per heavy atom. The Bertz CT molecular complexity index is 1120. The van der Waals surface area contributed by atoms with Crippen LogP contribution in [0.15, 0.2) is 78.0 Å². The first kappa shape index (κ1) is 17.4. The highest BCUT2D eigenvalue weighted by Crippen LogP contribution is 2.26. The maximum absolute atomic E-state index is 11.5. The second kappa shape index (κ2) is 7.29. The molecular weight excluding hydrogens is 356 g/mol. The predicted molar refractivity (Wildman–Crippen MR) is 109 cm³/mol. The van der Waals surface area contributed by atoms with Crippen LogP contribution in [-0.4, -0.2) is 26.9 Å². The molecule has 1 heterocycles. The number of hydrogen-bond acceptors (Lipinski definition) is 3. The Balaban J connectivity index is 1.68. The second-order valence-corrected chi connectivity index (χ2v) is 6.99. The highest BCUT2D eigenvalue weighted by atomic mass is 32.2. The molecule has 0 aliphatic rings. The van der Waals surface area contributed by atoms with Crippen LogP contribution >= 0.6 is 11.8 Å². The molecule has 0 saturated heterocycles. The van der Waals surface area contributed by atoms with E-state index >= 15 is 0 Å². The van der Waals surface area contributed by atoms with Crippen LogP contribution < -0.4 is 0 Å². The summed E-state index contributed by atoms with van der Waals surface area (Å²) in [5.74, 6) is -0.913. The molecule has 4 rings (SSSR count). The summed E-state index contributed by atoms with van der Waals surface area (Å²) in [6.07, 6.45) is 2.03. The molecule has 0 spiro atoms. The van der Waals surface area contributed by atoms with Crippen molar-refractivity contribution in [2.75, 3.05) is 6.26 Å². The van der Waals surface area contributed by atoms with Crippen LogP contribution in [0.25, 0.3) is 22.2 Å². The van der Waals surface area contributed by atoms with Crippen molar-refractivity contribution < 1.29 is 9.90 Å². The number of carboxylic acids is 1. The van der Waals surface area contributed by atoms with Gasteiger partial charge in [0.2, 0.25) is 0 Å². The summed E-state index contributed by atoms with van der Waals surface area (Å²) >= 11 is 1.63. The van der Waals surface area contributed by atoms with E-state index in [1.54, 1.807) is 23.9 Å². The predicted octanol–water partition coefficient (Wildman–Crippen LogP) is 5.17. The van der Waals surface area contributed by atoms with Gasteiger partial charge in [-0.3, -0.25) is 0 Å². The van der Waals surface area contributed by atoms with E-state index in [0.29, 0.717) is 5.56 Å². The van der Waals surface area contributed by atoms with Gasteiger partial charge < -0.3 is 9.67 Å². The van der Waals surface area contributed by atoms with Gasteiger partial charge in [0.15, 0.2) is 5.16 Å². The summed E-state index contributed by atoms with van der Waals surface area (Å²) in [4.78, 5) is 16.1. The number of para-hydroxylation sites is 2. The second-order valence-electron chi connectivity index (χ2n) is 6.22. The maximum atomic E-state index is 11.5. The minimum Gasteiger partial charge on any atom is -0.478 e. The van der Waals surface area contributed by atoms with Gasteiger partial charge in [0.25, 0.3) is 0 Å². The van der Waals surface area contributed by atoms with E-state index in [2.05, 4.69) is 15.6 Å². The molecule has 0 amide bonds. The van der Waals surface area contributed by atoms with Crippen molar-refractivity contribution in [2.24, 2.45) is 0 Å². The van der Waals surface area contributed by atoms with Crippen molar-refractivity contribution in [3.8, 4) is 11.1 Å². The standard InChI is InChI=1S/C22H18N2O2S/c1-27-22-23-19-8-4-5-9-20(19)24(22)14-15-10-12-16(13-11-15)17-6-2-3-7-18(17)21(25)26/h2-13H,14H2,1H3,(H,25,26). The zero-order chi connectivity index (χ0) is 18.8. The first-order chi connectivity index (χ1) is 13.2. The first-order valence-corrected chi connectivity index (χ1v) is 9.81. The largest absolute Gasteiger partial charge is 0.478 e. The molecule has 0 saturated carbocycles. The lowest BCUT2D eigenvalue weighted by molar-refractivity contribution is 0.0697. The molecular formula is C22H18N2O2S. The molecule has 5 heteroatoms. The van der Waals surface area contributed by atoms with Crippen LogP contribution in [0, 0.1) is 0 Å². The topological polar surface area (TPSA) is 55.1 Å². The monoisotopic (exact) mass is 374 g/mol. The van der Waals surface area contributed by atoms with Crippen molar-refractivity contribution in [2.45, 2.75) is 11.7 Å². The van der Waals surface area contributed by atoms with Gasteiger partial charge in [-0.2, -0.15) is 0 Å². The highest BCUT2D eigenvalue weighted by Gasteiger charge is 2.12. The third kappa shape index (κ3) is 3.34. The van der Waals surface area contributed by atoms with Gasteiger partial charge in [-0.25, -0.2) is 9.78 Å². The van der Waals surface area contributed by atoms with Gasteiger partial charge in [0.1, 0.15) is 0 Å². The molecule has 1 N–H and O–H groups in total. The lowest BCUT2D eigenvalue weighted by atomic mass is 9.99. The Hall–Kier alpha value is -3.05. The fourth-order valence-electron chi connectivity index (χ4n) is 3.26. The summed E-state index contributed by atoms with van der Waals surface area (Å²) in [5.41, 5.74) is 5.20. The molecule has 4 aromatic rings. The number of carbonyl (C=O) groups is 1. The lowest BCUT2D eigenvalue weighted by Gasteiger charge is -2.10. The smallest absolute Gasteiger partial charge is 0.336 e. The van der Waals surface area contributed by atoms with E-state index in [9.17, 15) is 9.90 Å². The molecule has 134 valence electrons. The van der Waals surface area contributed by atoms with Crippen LogP contribution in [0.2, 0.25) is 0 Å². The zero-order valence-electron chi connectivity index (χ0n) is 14.8. The molecule has 0 radical (unpaired) electrons. The normalized spacial score (nSPS) is 11.0. The van der Waals surface area contributed by atoms with Crippen LogP contribution in [0.3, 0.4) is 0 Å². The van der Waals surface area contributed by atoms with Crippen molar-refractivity contribution >= 4 is 28.8 Å². The van der Waals surface area contributed by atoms with Gasteiger partial charge in [-0.05, 0) is 41.1 Å². The summed E-state index contributed by atoms with van der Waals surface area (Å²) in [6, 6.07) is 23.3. The number of benzene rings is 3. The van der Waals surface area contributed by atoms with Gasteiger partial charge in [-0.15, -0.1) is 0 Å². The van der Waals surface area contributed by atoms with Crippen LogP contribution in [0.5, 0.6) is 0 Å². The number of carboxylic acid groups (broad SMARTS) is 1. The fourth-order valence-corrected chi connectivity index (χ4v) is 3.83. The SMILES string of the molecule is CSc1nc2ccccc2n1Cc1ccc(-c2ccccc2C(=O)O)cc1. The molecule has 1 aromatic heterocycles. The molecule has 0 aliphatic heterocycles. The number of aromatic nitrogens is 2. The number of imidazole rings is 1. The van der Waals surface area contributed by atoms with Crippen molar-refractivity contribution in [3.63, 3.8) is 0 Å². The molecule has 0 aliphatic carbocycles. The maximum Gasteiger partial charge on any atom is 0.336 e. The van der Waals surface area contributed by atoms with Crippen molar-refractivity contribution in [1.29, 1.82) is 0 Å². The molecule has 27 heavy (non-hydrogen) atoms. The van der Waals surface area contributed by atoms with E-state index in [0.717, 1.165) is 39.4 Å². The number of thioether (sulfide) groups is 1. The molecule has 0 fully saturated rings. The van der Waals surface area contributed by atoms with Crippen LogP contribution in [0.1, 0.15) is 15.9 Å². The number of hydrogen-bond donors (Lipinski definition) is 1. The molecule has 4 nitrogen and oxygen atoms in total. The number of aromatic carboxylic acids is 1. The summed E-state index contributed by atoms with van der Waals surface area (Å²) in [5, 5.41) is 10.4. The number of nitrogens with zero attached hydrogens (tertiary/aromatic N) is 2. The lowest BCUT2D eigenvalue weighted by Crippen LogP contribution is -2.02. The summed E-state index contributed by atoms with van der Waals surface area (Å²) in [7, 11) is 0. The van der Waals surface area contributed by atoms with E-state index in [1.165, 1.54) is 0 Å².